The van der Waals surface area contributed by atoms with Crippen molar-refractivity contribution in [1.29, 1.82) is 0 Å². The first-order valence-corrected chi connectivity index (χ1v) is 6.61. The van der Waals surface area contributed by atoms with Gasteiger partial charge in [-0.3, -0.25) is 4.79 Å². The molecule has 6 N–H and O–H groups in total. The van der Waals surface area contributed by atoms with Gasteiger partial charge in [0.25, 0.3) is 5.91 Å². The number of amides is 1. The van der Waals surface area contributed by atoms with Crippen LogP contribution in [0.3, 0.4) is 0 Å². The third kappa shape index (κ3) is 2.56. The third-order valence-corrected chi connectivity index (χ3v) is 3.42. The molecule has 1 aromatic heterocycles. The predicted molar refractivity (Wildman–Crippen MR) is 67.9 cm³/mol. The molecule has 2 rings (SSSR count). The molecular formula is C10H11N5O3S. The topological polar surface area (TPSA) is 147 Å². The van der Waals surface area contributed by atoms with Gasteiger partial charge >= 0.3 is 0 Å². The van der Waals surface area contributed by atoms with Gasteiger partial charge in [0.15, 0.2) is 0 Å². The summed E-state index contributed by atoms with van der Waals surface area (Å²) in [6.07, 6.45) is 2.71. The Bertz CT molecular complexity index is 750. The molecule has 0 radical (unpaired) electrons. The molecule has 0 aliphatic rings. The van der Waals surface area contributed by atoms with E-state index < -0.39 is 15.9 Å². The van der Waals surface area contributed by atoms with Gasteiger partial charge in [0.05, 0.1) is 23.1 Å². The Balaban J connectivity index is 2.47. The number of hydrogen-bond donors (Lipinski definition) is 3. The number of aromatic nitrogens is 2. The van der Waals surface area contributed by atoms with E-state index in [4.69, 9.17) is 16.6 Å². The number of primary sulfonamides is 1. The highest BCUT2D eigenvalue weighted by Gasteiger charge is 2.13. The van der Waals surface area contributed by atoms with Gasteiger partial charge in [-0.1, -0.05) is 0 Å². The minimum atomic E-state index is -3.87. The molecule has 1 amide bonds. The summed E-state index contributed by atoms with van der Waals surface area (Å²) in [7, 11) is -3.87. The average Bonchev–Trinajstić information content (AvgIpc) is 2.76. The Morgan fingerprint density at radius 3 is 2.47 bits per heavy atom. The number of nitrogens with two attached hydrogens (primary N) is 3. The van der Waals surface area contributed by atoms with Crippen molar-refractivity contribution in [3.63, 3.8) is 0 Å². The van der Waals surface area contributed by atoms with E-state index in [0.29, 0.717) is 5.69 Å². The maximum atomic E-state index is 11.2. The van der Waals surface area contributed by atoms with Gasteiger partial charge in [-0.25, -0.2) is 18.2 Å². The molecule has 0 fully saturated rings. The van der Waals surface area contributed by atoms with Crippen LogP contribution in [0.15, 0.2) is 35.5 Å². The summed E-state index contributed by atoms with van der Waals surface area (Å²) in [5.74, 6) is -0.611. The highest BCUT2D eigenvalue weighted by atomic mass is 32.2. The maximum absolute atomic E-state index is 11.2. The lowest BCUT2D eigenvalue weighted by Gasteiger charge is -2.06. The van der Waals surface area contributed by atoms with Crippen LogP contribution in [0.5, 0.6) is 0 Å². The number of primary amides is 1. The van der Waals surface area contributed by atoms with Crippen LogP contribution in [-0.4, -0.2) is 24.1 Å². The molecule has 2 aromatic rings. The van der Waals surface area contributed by atoms with E-state index in [1.807, 2.05) is 0 Å². The molecule has 0 spiro atoms. The third-order valence-electron chi connectivity index (χ3n) is 2.43. The number of carbonyl (C=O) groups is 1. The summed E-state index contributed by atoms with van der Waals surface area (Å²) >= 11 is 0. The first-order valence-electron chi connectivity index (χ1n) is 5.06. The molecule has 100 valence electrons. The molecule has 0 bridgehead atoms. The number of hydrogen-bond acceptors (Lipinski definition) is 5. The van der Waals surface area contributed by atoms with E-state index in [1.54, 1.807) is 0 Å². The van der Waals surface area contributed by atoms with Gasteiger partial charge in [0.1, 0.15) is 4.90 Å². The van der Waals surface area contributed by atoms with Crippen molar-refractivity contribution in [2.24, 2.45) is 10.9 Å². The molecule has 0 atom stereocenters. The van der Waals surface area contributed by atoms with Crippen molar-refractivity contribution in [3.05, 3.63) is 36.2 Å². The summed E-state index contributed by atoms with van der Waals surface area (Å²) in [6.45, 7) is 0. The van der Waals surface area contributed by atoms with E-state index >= 15 is 0 Å². The Morgan fingerprint density at radius 2 is 2.00 bits per heavy atom. The zero-order valence-electron chi connectivity index (χ0n) is 9.65. The van der Waals surface area contributed by atoms with Crippen LogP contribution in [0.1, 0.15) is 10.4 Å². The van der Waals surface area contributed by atoms with Crippen molar-refractivity contribution in [2.45, 2.75) is 4.90 Å². The quantitative estimate of drug-likeness (QED) is 0.630. The average molecular weight is 281 g/mol. The fourth-order valence-corrected chi connectivity index (χ4v) is 2.17. The van der Waals surface area contributed by atoms with Crippen LogP contribution in [-0.2, 0) is 10.0 Å². The van der Waals surface area contributed by atoms with E-state index in [1.165, 1.54) is 35.3 Å². The number of sulfonamides is 1. The lowest BCUT2D eigenvalue weighted by molar-refractivity contribution is 0.100. The lowest BCUT2D eigenvalue weighted by Crippen LogP contribution is -2.14. The summed E-state index contributed by atoms with van der Waals surface area (Å²) in [5, 5.41) is 8.92. The smallest absolute Gasteiger partial charge is 0.251 e. The maximum Gasteiger partial charge on any atom is 0.251 e. The molecule has 19 heavy (non-hydrogen) atoms. The fraction of sp³-hybridized carbons (Fsp3) is 0. The number of nitrogen functional groups attached to an aromatic ring is 1. The molecule has 9 heteroatoms. The molecular weight excluding hydrogens is 270 g/mol. The van der Waals surface area contributed by atoms with E-state index in [2.05, 4.69) is 5.10 Å². The molecule has 1 aromatic carbocycles. The second kappa shape index (κ2) is 4.37. The standard InChI is InChI=1S/C10H11N5O3S/c11-8-3-7(1-2-9(8)19(13,17)18)15-5-6(4-14-15)10(12)16/h1-5H,11H2,(H2,12,16)(H2,13,17,18). The lowest BCUT2D eigenvalue weighted by atomic mass is 10.3. The SMILES string of the molecule is NC(=O)c1cnn(-c2ccc(S(N)(=O)=O)c(N)c2)c1. The van der Waals surface area contributed by atoms with Crippen molar-refractivity contribution in [1.82, 2.24) is 9.78 Å². The molecule has 0 aliphatic heterocycles. The van der Waals surface area contributed by atoms with Crippen LogP contribution in [0.25, 0.3) is 5.69 Å². The molecule has 0 saturated carbocycles. The molecule has 8 nitrogen and oxygen atoms in total. The Morgan fingerprint density at radius 1 is 1.32 bits per heavy atom. The Hall–Kier alpha value is -2.39. The van der Waals surface area contributed by atoms with Crippen LogP contribution in [0.2, 0.25) is 0 Å². The first-order chi connectivity index (χ1) is 8.79. The highest BCUT2D eigenvalue weighted by molar-refractivity contribution is 7.89. The summed E-state index contributed by atoms with van der Waals surface area (Å²) in [5.41, 5.74) is 11.4. The number of carbonyl (C=O) groups excluding carboxylic acids is 1. The fourth-order valence-electron chi connectivity index (χ4n) is 1.53. The van der Waals surface area contributed by atoms with Gasteiger partial charge in [-0.15, -0.1) is 0 Å². The summed E-state index contributed by atoms with van der Waals surface area (Å²) in [6, 6.07) is 4.12. The van der Waals surface area contributed by atoms with Gasteiger partial charge in [-0.05, 0) is 18.2 Å². The van der Waals surface area contributed by atoms with Gasteiger partial charge in [-0.2, -0.15) is 5.10 Å². The zero-order valence-corrected chi connectivity index (χ0v) is 10.5. The summed E-state index contributed by atoms with van der Waals surface area (Å²) in [4.78, 5) is 10.8. The van der Waals surface area contributed by atoms with E-state index in [9.17, 15) is 13.2 Å². The van der Waals surface area contributed by atoms with Crippen molar-refractivity contribution < 1.29 is 13.2 Å². The Kier molecular flexibility index (Phi) is 3.00. The first kappa shape index (κ1) is 13.1. The summed E-state index contributed by atoms with van der Waals surface area (Å²) < 4.78 is 23.8. The minimum absolute atomic E-state index is 0.00359. The normalized spacial score (nSPS) is 11.4. The molecule has 0 unspecified atom stereocenters. The number of nitrogens with zero attached hydrogens (tertiary/aromatic N) is 2. The van der Waals surface area contributed by atoms with Gasteiger partial charge in [0, 0.05) is 6.20 Å². The largest absolute Gasteiger partial charge is 0.398 e. The molecule has 1 heterocycles. The monoisotopic (exact) mass is 281 g/mol. The second-order valence-corrected chi connectivity index (χ2v) is 5.33. The number of benzene rings is 1. The molecule has 0 saturated heterocycles. The van der Waals surface area contributed by atoms with Crippen LogP contribution in [0.4, 0.5) is 5.69 Å². The van der Waals surface area contributed by atoms with E-state index in [-0.39, 0.29) is 16.1 Å². The predicted octanol–water partition coefficient (Wildman–Crippen LogP) is -0.799. The van der Waals surface area contributed by atoms with Crippen LogP contribution >= 0.6 is 0 Å². The number of rotatable bonds is 3. The van der Waals surface area contributed by atoms with E-state index in [0.717, 1.165) is 0 Å². The molecule has 0 aliphatic carbocycles. The van der Waals surface area contributed by atoms with Gasteiger partial charge in [0.2, 0.25) is 10.0 Å². The Labute approximate surface area is 108 Å². The van der Waals surface area contributed by atoms with Crippen LogP contribution in [0, 0.1) is 0 Å². The van der Waals surface area contributed by atoms with Gasteiger partial charge < -0.3 is 11.5 Å². The second-order valence-electron chi connectivity index (χ2n) is 3.80. The van der Waals surface area contributed by atoms with Crippen molar-refractivity contribution >= 4 is 21.6 Å². The minimum Gasteiger partial charge on any atom is -0.398 e. The highest BCUT2D eigenvalue weighted by Crippen LogP contribution is 2.20. The van der Waals surface area contributed by atoms with Crippen molar-refractivity contribution in [2.75, 3.05) is 5.73 Å². The number of anilines is 1. The van der Waals surface area contributed by atoms with Crippen LogP contribution < -0.4 is 16.6 Å². The van der Waals surface area contributed by atoms with Crippen molar-refractivity contribution in [3.8, 4) is 5.69 Å². The zero-order chi connectivity index (χ0) is 14.2.